The third kappa shape index (κ3) is 4.27. The monoisotopic (exact) mass is 255 g/mol. The van der Waals surface area contributed by atoms with Crippen LogP contribution in [0.2, 0.25) is 0 Å². The highest BCUT2D eigenvalue weighted by atomic mass is 16.4. The van der Waals surface area contributed by atoms with Gasteiger partial charge >= 0.3 is 5.97 Å². The number of carboxylic acid groups (broad SMARTS) is 1. The van der Waals surface area contributed by atoms with E-state index in [1.54, 1.807) is 0 Å². The Morgan fingerprint density at radius 3 is 2.22 bits per heavy atom. The molecule has 0 saturated carbocycles. The van der Waals surface area contributed by atoms with Crippen molar-refractivity contribution in [1.29, 1.82) is 0 Å². The van der Waals surface area contributed by atoms with Gasteiger partial charge in [-0.1, -0.05) is 45.4 Å². The molecule has 1 fully saturated rings. The summed E-state index contributed by atoms with van der Waals surface area (Å²) in [6.45, 7) is 6.02. The lowest BCUT2D eigenvalue weighted by Gasteiger charge is -2.37. The van der Waals surface area contributed by atoms with Crippen LogP contribution in [0.25, 0.3) is 0 Å². The molecule has 1 saturated heterocycles. The molecule has 1 aliphatic rings. The Balaban J connectivity index is 2.56. The van der Waals surface area contributed by atoms with Crippen molar-refractivity contribution in [2.24, 2.45) is 0 Å². The lowest BCUT2D eigenvalue weighted by molar-refractivity contribution is -0.151. The molecule has 106 valence electrons. The Bertz CT molecular complexity index is 247. The van der Waals surface area contributed by atoms with Crippen molar-refractivity contribution in [2.75, 3.05) is 13.1 Å². The van der Waals surface area contributed by atoms with E-state index in [9.17, 15) is 9.90 Å². The number of carboxylic acids is 1. The molecule has 3 nitrogen and oxygen atoms in total. The Labute approximate surface area is 112 Å². The van der Waals surface area contributed by atoms with Crippen molar-refractivity contribution >= 4 is 5.97 Å². The molecule has 1 rings (SSSR count). The molecule has 1 unspecified atom stereocenters. The van der Waals surface area contributed by atoms with Crippen molar-refractivity contribution in [3.8, 4) is 0 Å². The van der Waals surface area contributed by atoms with Crippen LogP contribution in [0.5, 0.6) is 0 Å². The molecule has 1 aliphatic heterocycles. The van der Waals surface area contributed by atoms with Crippen LogP contribution < -0.4 is 0 Å². The van der Waals surface area contributed by atoms with E-state index in [-0.39, 0.29) is 0 Å². The molecular weight excluding hydrogens is 226 g/mol. The lowest BCUT2D eigenvalue weighted by Crippen LogP contribution is -2.52. The van der Waals surface area contributed by atoms with Crippen molar-refractivity contribution < 1.29 is 9.90 Å². The van der Waals surface area contributed by atoms with E-state index in [0.29, 0.717) is 0 Å². The zero-order chi connectivity index (χ0) is 13.4. The van der Waals surface area contributed by atoms with Crippen LogP contribution in [0.4, 0.5) is 0 Å². The second kappa shape index (κ2) is 7.78. The van der Waals surface area contributed by atoms with Crippen LogP contribution in [0.3, 0.4) is 0 Å². The number of hydrogen-bond acceptors (Lipinski definition) is 2. The smallest absolute Gasteiger partial charge is 0.323 e. The summed E-state index contributed by atoms with van der Waals surface area (Å²) in [4.78, 5) is 13.9. The van der Waals surface area contributed by atoms with Gasteiger partial charge in [0.05, 0.1) is 0 Å². The predicted octanol–water partition coefficient (Wildman–Crippen LogP) is 3.68. The van der Waals surface area contributed by atoms with Crippen molar-refractivity contribution in [3.05, 3.63) is 0 Å². The summed E-state index contributed by atoms with van der Waals surface area (Å²) in [5, 5.41) is 9.59. The lowest BCUT2D eigenvalue weighted by atomic mass is 9.91. The number of rotatable bonds is 7. The summed E-state index contributed by atoms with van der Waals surface area (Å²) in [5.41, 5.74) is -0.641. The van der Waals surface area contributed by atoms with Crippen LogP contribution in [-0.2, 0) is 4.79 Å². The second-order valence-electron chi connectivity index (χ2n) is 5.79. The van der Waals surface area contributed by atoms with Gasteiger partial charge in [0.15, 0.2) is 0 Å². The van der Waals surface area contributed by atoms with Gasteiger partial charge in [-0.25, -0.2) is 0 Å². The van der Waals surface area contributed by atoms with E-state index in [0.717, 1.165) is 45.2 Å². The maximum atomic E-state index is 11.7. The standard InChI is InChI=1S/C15H29NO2/c1-3-4-5-8-11-15(2,14(17)18)16-12-9-6-7-10-13-16/h3-13H2,1-2H3,(H,17,18). The third-order valence-electron chi connectivity index (χ3n) is 4.28. The van der Waals surface area contributed by atoms with Gasteiger partial charge in [-0.3, -0.25) is 9.69 Å². The summed E-state index contributed by atoms with van der Waals surface area (Å²) in [7, 11) is 0. The van der Waals surface area contributed by atoms with E-state index >= 15 is 0 Å². The van der Waals surface area contributed by atoms with Crippen LogP contribution in [0.15, 0.2) is 0 Å². The number of nitrogens with zero attached hydrogens (tertiary/aromatic N) is 1. The Morgan fingerprint density at radius 2 is 1.72 bits per heavy atom. The second-order valence-corrected chi connectivity index (χ2v) is 5.79. The summed E-state index contributed by atoms with van der Waals surface area (Å²) in [6, 6.07) is 0. The zero-order valence-electron chi connectivity index (χ0n) is 12.1. The number of hydrogen-bond donors (Lipinski definition) is 1. The van der Waals surface area contributed by atoms with Crippen LogP contribution in [-0.4, -0.2) is 34.6 Å². The minimum Gasteiger partial charge on any atom is -0.480 e. The third-order valence-corrected chi connectivity index (χ3v) is 4.28. The summed E-state index contributed by atoms with van der Waals surface area (Å²) < 4.78 is 0. The van der Waals surface area contributed by atoms with Gasteiger partial charge in [0, 0.05) is 0 Å². The van der Waals surface area contributed by atoms with Crippen LogP contribution in [0, 0.1) is 0 Å². The van der Waals surface area contributed by atoms with Crippen LogP contribution in [0.1, 0.15) is 71.6 Å². The largest absolute Gasteiger partial charge is 0.480 e. The molecule has 18 heavy (non-hydrogen) atoms. The molecule has 0 bridgehead atoms. The molecule has 1 atom stereocenters. The summed E-state index contributed by atoms with van der Waals surface area (Å²) in [6.07, 6.45) is 10.2. The highest BCUT2D eigenvalue weighted by Crippen LogP contribution is 2.26. The Hall–Kier alpha value is -0.570. The van der Waals surface area contributed by atoms with Gasteiger partial charge in [0.2, 0.25) is 0 Å². The molecule has 0 aromatic heterocycles. The zero-order valence-corrected chi connectivity index (χ0v) is 12.1. The quantitative estimate of drug-likeness (QED) is 0.706. The molecule has 0 spiro atoms. The normalized spacial score (nSPS) is 21.2. The van der Waals surface area contributed by atoms with E-state index in [2.05, 4.69) is 11.8 Å². The van der Waals surface area contributed by atoms with Gasteiger partial charge in [0.25, 0.3) is 0 Å². The average molecular weight is 255 g/mol. The molecule has 0 aromatic carbocycles. The fraction of sp³-hybridized carbons (Fsp3) is 0.933. The van der Waals surface area contributed by atoms with Gasteiger partial charge in [0.1, 0.15) is 5.54 Å². The number of likely N-dealkylation sites (tertiary alicyclic amines) is 1. The van der Waals surface area contributed by atoms with E-state index in [4.69, 9.17) is 0 Å². The first-order valence-electron chi connectivity index (χ1n) is 7.59. The number of carbonyl (C=O) groups is 1. The fourth-order valence-corrected chi connectivity index (χ4v) is 2.86. The number of aliphatic carboxylic acids is 1. The highest BCUT2D eigenvalue weighted by Gasteiger charge is 2.38. The molecule has 0 aromatic rings. The molecule has 0 radical (unpaired) electrons. The maximum absolute atomic E-state index is 11.7. The highest BCUT2D eigenvalue weighted by molar-refractivity contribution is 5.78. The van der Waals surface area contributed by atoms with Gasteiger partial charge in [-0.15, -0.1) is 0 Å². The minimum atomic E-state index is -0.641. The first-order chi connectivity index (χ1) is 8.61. The predicted molar refractivity (Wildman–Crippen MR) is 74.8 cm³/mol. The summed E-state index contributed by atoms with van der Waals surface area (Å²) >= 11 is 0. The van der Waals surface area contributed by atoms with E-state index < -0.39 is 11.5 Å². The fourth-order valence-electron chi connectivity index (χ4n) is 2.86. The van der Waals surface area contributed by atoms with Crippen molar-refractivity contribution in [2.45, 2.75) is 77.2 Å². The average Bonchev–Trinajstić information content (AvgIpc) is 2.63. The number of unbranched alkanes of at least 4 members (excludes halogenated alkanes) is 3. The topological polar surface area (TPSA) is 40.5 Å². The molecule has 0 amide bonds. The van der Waals surface area contributed by atoms with Gasteiger partial charge < -0.3 is 5.11 Å². The Morgan fingerprint density at radius 1 is 1.11 bits per heavy atom. The molecule has 0 aliphatic carbocycles. The molecule has 1 heterocycles. The van der Waals surface area contributed by atoms with Crippen molar-refractivity contribution in [3.63, 3.8) is 0 Å². The van der Waals surface area contributed by atoms with E-state index in [1.165, 1.54) is 25.7 Å². The van der Waals surface area contributed by atoms with E-state index in [1.807, 2.05) is 6.92 Å². The molecular formula is C15H29NO2. The van der Waals surface area contributed by atoms with Gasteiger partial charge in [-0.05, 0) is 39.3 Å². The maximum Gasteiger partial charge on any atom is 0.323 e. The SMILES string of the molecule is CCCCCCC(C)(C(=O)O)N1CCCCCC1. The van der Waals surface area contributed by atoms with Gasteiger partial charge in [-0.2, -0.15) is 0 Å². The van der Waals surface area contributed by atoms with Crippen LogP contribution >= 0.6 is 0 Å². The molecule has 1 N–H and O–H groups in total. The first-order valence-corrected chi connectivity index (χ1v) is 7.59. The summed E-state index contributed by atoms with van der Waals surface area (Å²) in [5.74, 6) is -0.638. The first kappa shape index (κ1) is 15.5. The Kier molecular flexibility index (Phi) is 6.69. The minimum absolute atomic E-state index is 0.638. The molecule has 3 heteroatoms. The van der Waals surface area contributed by atoms with Crippen molar-refractivity contribution in [1.82, 2.24) is 4.90 Å².